The molecule has 3 rings (SSSR count). The Hall–Kier alpha value is -2.29. The van der Waals surface area contributed by atoms with Gasteiger partial charge in [-0.1, -0.05) is 42.5 Å². The molecule has 1 aliphatic rings. The summed E-state index contributed by atoms with van der Waals surface area (Å²) in [7, 11) is 1.64. The molecule has 0 bridgehead atoms. The third kappa shape index (κ3) is 6.90. The molecule has 2 aromatic carbocycles. The monoisotopic (exact) mass is 522 g/mol. The molecule has 1 unspecified atom stereocenters. The van der Waals surface area contributed by atoms with Crippen LogP contribution in [0, 0.1) is 0 Å². The standard InChI is InChI=1S/C23H30N4O2.HI/c1-3-24-23(27-14-13-20(17-27)19-7-5-4-6-8-19)26-16-22(28)25-15-18-9-11-21(29-2)12-10-18;/h4-12,20H,3,13-17H2,1-2H3,(H,24,26)(H,25,28);1H. The minimum atomic E-state index is -0.0879. The van der Waals surface area contributed by atoms with Gasteiger partial charge in [-0.3, -0.25) is 4.79 Å². The normalized spacial score (nSPS) is 16.0. The summed E-state index contributed by atoms with van der Waals surface area (Å²) in [5.74, 6) is 2.03. The third-order valence-electron chi connectivity index (χ3n) is 5.11. The second-order valence-corrected chi connectivity index (χ2v) is 7.14. The zero-order valence-electron chi connectivity index (χ0n) is 17.6. The van der Waals surface area contributed by atoms with E-state index in [1.807, 2.05) is 37.3 Å². The number of nitrogens with zero attached hydrogens (tertiary/aromatic N) is 2. The largest absolute Gasteiger partial charge is 0.497 e. The molecule has 1 saturated heterocycles. The number of halogens is 1. The van der Waals surface area contributed by atoms with Crippen molar-refractivity contribution in [2.24, 2.45) is 4.99 Å². The summed E-state index contributed by atoms with van der Waals surface area (Å²) in [6, 6.07) is 18.3. The second kappa shape index (κ2) is 12.4. The van der Waals surface area contributed by atoms with Crippen LogP contribution >= 0.6 is 24.0 Å². The molecule has 1 fully saturated rings. The maximum absolute atomic E-state index is 12.3. The maximum atomic E-state index is 12.3. The van der Waals surface area contributed by atoms with Gasteiger partial charge in [-0.15, -0.1) is 24.0 Å². The fraction of sp³-hybridized carbons (Fsp3) is 0.391. The number of carbonyl (C=O) groups is 1. The van der Waals surface area contributed by atoms with Crippen molar-refractivity contribution in [3.63, 3.8) is 0 Å². The third-order valence-corrected chi connectivity index (χ3v) is 5.11. The Labute approximate surface area is 196 Å². The number of hydrogen-bond acceptors (Lipinski definition) is 3. The molecule has 0 radical (unpaired) electrons. The van der Waals surface area contributed by atoms with E-state index >= 15 is 0 Å². The van der Waals surface area contributed by atoms with Gasteiger partial charge in [0.05, 0.1) is 7.11 Å². The van der Waals surface area contributed by atoms with Crippen molar-refractivity contribution < 1.29 is 9.53 Å². The Morgan fingerprint density at radius 1 is 1.13 bits per heavy atom. The van der Waals surface area contributed by atoms with Crippen LogP contribution in [0.2, 0.25) is 0 Å². The lowest BCUT2D eigenvalue weighted by Gasteiger charge is -2.21. The number of aliphatic imine (C=N–C) groups is 1. The molecular formula is C23H31IN4O2. The van der Waals surface area contributed by atoms with E-state index < -0.39 is 0 Å². The molecule has 2 N–H and O–H groups in total. The Morgan fingerprint density at radius 3 is 2.53 bits per heavy atom. The van der Waals surface area contributed by atoms with Gasteiger partial charge in [-0.25, -0.2) is 4.99 Å². The van der Waals surface area contributed by atoms with Gasteiger partial charge in [0, 0.05) is 32.1 Å². The van der Waals surface area contributed by atoms with Gasteiger partial charge in [0.1, 0.15) is 12.3 Å². The summed E-state index contributed by atoms with van der Waals surface area (Å²) in [5.41, 5.74) is 2.39. The first-order valence-electron chi connectivity index (χ1n) is 10.2. The van der Waals surface area contributed by atoms with Crippen LogP contribution in [0.1, 0.15) is 30.4 Å². The average molecular weight is 522 g/mol. The number of hydrogen-bond donors (Lipinski definition) is 2. The van der Waals surface area contributed by atoms with E-state index in [0.29, 0.717) is 12.5 Å². The highest BCUT2D eigenvalue weighted by atomic mass is 127. The van der Waals surface area contributed by atoms with Gasteiger partial charge in [0.2, 0.25) is 5.91 Å². The Balaban J connectivity index is 0.00000320. The quantitative estimate of drug-likeness (QED) is 0.333. The first-order chi connectivity index (χ1) is 14.2. The highest BCUT2D eigenvalue weighted by Gasteiger charge is 2.25. The van der Waals surface area contributed by atoms with E-state index in [2.05, 4.69) is 44.8 Å². The Bertz CT molecular complexity index is 812. The molecule has 6 nitrogen and oxygen atoms in total. The molecule has 0 aliphatic carbocycles. The number of guanidine groups is 1. The van der Waals surface area contributed by atoms with E-state index in [9.17, 15) is 4.79 Å². The van der Waals surface area contributed by atoms with Crippen molar-refractivity contribution in [3.05, 3.63) is 65.7 Å². The van der Waals surface area contributed by atoms with Crippen LogP contribution in [-0.4, -0.2) is 50.1 Å². The Morgan fingerprint density at radius 2 is 1.87 bits per heavy atom. The summed E-state index contributed by atoms with van der Waals surface area (Å²) in [5, 5.41) is 6.25. The molecule has 162 valence electrons. The first kappa shape index (κ1) is 24.0. The van der Waals surface area contributed by atoms with Crippen LogP contribution in [0.3, 0.4) is 0 Å². The number of amides is 1. The molecule has 0 aromatic heterocycles. The second-order valence-electron chi connectivity index (χ2n) is 7.14. The van der Waals surface area contributed by atoms with Gasteiger partial charge >= 0.3 is 0 Å². The van der Waals surface area contributed by atoms with Crippen molar-refractivity contribution >= 4 is 35.8 Å². The fourth-order valence-corrected chi connectivity index (χ4v) is 3.52. The van der Waals surface area contributed by atoms with Crippen molar-refractivity contribution in [1.29, 1.82) is 0 Å². The van der Waals surface area contributed by atoms with E-state index in [4.69, 9.17) is 4.74 Å². The average Bonchev–Trinajstić information content (AvgIpc) is 3.26. The zero-order valence-corrected chi connectivity index (χ0v) is 20.0. The van der Waals surface area contributed by atoms with Crippen LogP contribution in [-0.2, 0) is 11.3 Å². The van der Waals surface area contributed by atoms with E-state index in [-0.39, 0.29) is 36.4 Å². The molecule has 7 heteroatoms. The topological polar surface area (TPSA) is 66.0 Å². The molecule has 2 aromatic rings. The number of rotatable bonds is 7. The van der Waals surface area contributed by atoms with Gasteiger partial charge < -0.3 is 20.3 Å². The number of nitrogens with one attached hydrogen (secondary N) is 2. The minimum Gasteiger partial charge on any atom is -0.497 e. The fourth-order valence-electron chi connectivity index (χ4n) is 3.52. The van der Waals surface area contributed by atoms with Crippen molar-refractivity contribution in [2.75, 3.05) is 33.3 Å². The molecule has 1 heterocycles. The lowest BCUT2D eigenvalue weighted by atomic mass is 9.99. The van der Waals surface area contributed by atoms with Crippen LogP contribution in [0.15, 0.2) is 59.6 Å². The van der Waals surface area contributed by atoms with Gasteiger partial charge in [0.15, 0.2) is 5.96 Å². The summed E-state index contributed by atoms with van der Waals surface area (Å²) in [6.07, 6.45) is 1.10. The summed E-state index contributed by atoms with van der Waals surface area (Å²) in [6.45, 7) is 5.28. The molecule has 1 amide bonds. The van der Waals surface area contributed by atoms with E-state index in [1.165, 1.54) is 5.56 Å². The zero-order chi connectivity index (χ0) is 20.5. The smallest absolute Gasteiger partial charge is 0.242 e. The number of carbonyl (C=O) groups excluding carboxylic acids is 1. The highest BCUT2D eigenvalue weighted by Crippen LogP contribution is 2.26. The number of likely N-dealkylation sites (tertiary alicyclic amines) is 1. The van der Waals surface area contributed by atoms with Crippen molar-refractivity contribution in [1.82, 2.24) is 15.5 Å². The van der Waals surface area contributed by atoms with Crippen LogP contribution < -0.4 is 15.4 Å². The number of ether oxygens (including phenoxy) is 1. The van der Waals surface area contributed by atoms with Gasteiger partial charge in [-0.2, -0.15) is 0 Å². The minimum absolute atomic E-state index is 0. The molecule has 1 atom stereocenters. The maximum Gasteiger partial charge on any atom is 0.242 e. The first-order valence-corrected chi connectivity index (χ1v) is 10.2. The van der Waals surface area contributed by atoms with Crippen LogP contribution in [0.5, 0.6) is 5.75 Å². The van der Waals surface area contributed by atoms with Crippen molar-refractivity contribution in [2.45, 2.75) is 25.8 Å². The predicted molar refractivity (Wildman–Crippen MR) is 132 cm³/mol. The molecular weight excluding hydrogens is 491 g/mol. The van der Waals surface area contributed by atoms with Crippen LogP contribution in [0.4, 0.5) is 0 Å². The lowest BCUT2D eigenvalue weighted by Crippen LogP contribution is -2.40. The number of benzene rings is 2. The van der Waals surface area contributed by atoms with E-state index in [0.717, 1.165) is 43.3 Å². The summed E-state index contributed by atoms with van der Waals surface area (Å²) >= 11 is 0. The SMILES string of the molecule is CCNC(=NCC(=O)NCc1ccc(OC)cc1)N1CCC(c2ccccc2)C1.I. The number of methoxy groups -OCH3 is 1. The molecule has 1 aliphatic heterocycles. The predicted octanol–water partition coefficient (Wildman–Crippen LogP) is 3.38. The van der Waals surface area contributed by atoms with Gasteiger partial charge in [-0.05, 0) is 36.6 Å². The van der Waals surface area contributed by atoms with Crippen LogP contribution in [0.25, 0.3) is 0 Å². The lowest BCUT2D eigenvalue weighted by molar-refractivity contribution is -0.119. The van der Waals surface area contributed by atoms with E-state index in [1.54, 1.807) is 7.11 Å². The van der Waals surface area contributed by atoms with Crippen molar-refractivity contribution in [3.8, 4) is 5.75 Å². The summed E-state index contributed by atoms with van der Waals surface area (Å²) in [4.78, 5) is 19.1. The molecule has 0 spiro atoms. The highest BCUT2D eigenvalue weighted by molar-refractivity contribution is 14.0. The Kier molecular flexibility index (Phi) is 9.93. The molecule has 30 heavy (non-hydrogen) atoms. The van der Waals surface area contributed by atoms with Gasteiger partial charge in [0.25, 0.3) is 0 Å². The molecule has 0 saturated carbocycles. The summed E-state index contributed by atoms with van der Waals surface area (Å²) < 4.78 is 5.15.